The normalized spacial score (nSPS) is 9.97. The average Bonchev–Trinajstić information content (AvgIpc) is 0.794. The summed E-state index contributed by atoms with van der Waals surface area (Å²) < 4.78 is 0. The maximum Gasteiger partial charge on any atom is 3.00 e. The molecule has 18 rings (SSSR count). The molecular weight excluding hydrogens is 1830 g/mol. The predicted octanol–water partition coefficient (Wildman–Crippen LogP) is 11.8. The molecule has 20 nitrogen and oxygen atoms in total. The van der Waals surface area contributed by atoms with E-state index in [9.17, 15) is 69.0 Å². The van der Waals surface area contributed by atoms with Crippen LogP contribution in [0.25, 0.3) is 108 Å². The maximum atomic E-state index is 10.5. The van der Waals surface area contributed by atoms with Crippen molar-refractivity contribution in [1.29, 1.82) is 0 Å². The van der Waals surface area contributed by atoms with Gasteiger partial charge in [0.2, 0.25) is 12.8 Å². The molecular formula is C102H84N6O14Sm2. The number of carboxylic acids is 6. The molecule has 4 aromatic heterocycles. The van der Waals surface area contributed by atoms with Crippen LogP contribution in [0.4, 0.5) is 0 Å². The Kier molecular flexibility index (Phi) is 40.6. The summed E-state index contributed by atoms with van der Waals surface area (Å²) in [5.41, 5.74) is 8.76. The third-order valence-corrected chi connectivity index (χ3v) is 18.4. The van der Waals surface area contributed by atoms with E-state index in [0.717, 1.165) is 154 Å². The zero-order valence-electron chi connectivity index (χ0n) is 68.1. The standard InChI is InChI=1S/2C12H8N2.6C12H10O2.2C3H7NO.2Sm/c2*1-3-9-5-6-10-4-2-8-14-12(10)11(9)13-7-1;6*13-12(14)8-10-6-3-5-9-4-1-2-7-11(9)10;2*1-4(2)3-5;;/h2*1-8H;6*1-7H,8H2,(H,13,14);2*3H,1-2H3;;/q;;;;;;;;;;2*+3/p-6. The Balaban J connectivity index is 0.000000191. The Morgan fingerprint density at radius 1 is 0.218 bits per heavy atom. The van der Waals surface area contributed by atoms with E-state index in [-0.39, 0.29) is 119 Å². The Hall–Kier alpha value is -13.3. The fourth-order valence-electron chi connectivity index (χ4n) is 13.0. The third kappa shape index (κ3) is 30.7. The number of aromatic nitrogens is 4. The maximum absolute atomic E-state index is 10.5. The molecule has 0 fully saturated rings. The molecule has 124 heavy (non-hydrogen) atoms. The Labute approximate surface area is 781 Å². The summed E-state index contributed by atoms with van der Waals surface area (Å²) in [6, 6.07) is 105. The van der Waals surface area contributed by atoms with Crippen molar-refractivity contribution >= 4 is 157 Å². The number of nitrogens with zero attached hydrogens (tertiary/aromatic N) is 6. The zero-order chi connectivity index (χ0) is 87.1. The van der Waals surface area contributed by atoms with Crippen LogP contribution >= 0.6 is 0 Å². The predicted molar refractivity (Wildman–Crippen MR) is 470 cm³/mol. The van der Waals surface area contributed by atoms with E-state index in [1.807, 2.05) is 279 Å². The minimum absolute atomic E-state index is 0. The zero-order valence-corrected chi connectivity index (χ0v) is 73.3. The second-order valence-electron chi connectivity index (χ2n) is 27.7. The number of aliphatic carboxylic acids is 6. The van der Waals surface area contributed by atoms with Crippen LogP contribution in [0.15, 0.2) is 352 Å². The first-order chi connectivity index (χ1) is 59.1. The number of rotatable bonds is 14. The number of amides is 2. The summed E-state index contributed by atoms with van der Waals surface area (Å²) in [6.07, 6.45) is 8.55. The van der Waals surface area contributed by atoms with Crippen LogP contribution in [0.5, 0.6) is 0 Å². The first-order valence-corrected chi connectivity index (χ1v) is 38.5. The van der Waals surface area contributed by atoms with Gasteiger partial charge in [-0.25, -0.2) is 0 Å². The molecule has 0 aliphatic carbocycles. The summed E-state index contributed by atoms with van der Waals surface area (Å²) in [7, 11) is 6.75. The molecule has 0 bridgehead atoms. The molecule has 2 radical (unpaired) electrons. The summed E-state index contributed by atoms with van der Waals surface area (Å²) >= 11 is 0. The van der Waals surface area contributed by atoms with Gasteiger partial charge in [0, 0.05) is 149 Å². The fourth-order valence-corrected chi connectivity index (χ4v) is 13.0. The van der Waals surface area contributed by atoms with Crippen molar-refractivity contribution in [2.24, 2.45) is 0 Å². The number of benzene rings is 14. The number of carbonyl (C=O) groups excluding carboxylic acids is 8. The van der Waals surface area contributed by atoms with Gasteiger partial charge in [-0.2, -0.15) is 0 Å². The van der Waals surface area contributed by atoms with Crippen LogP contribution in [0.2, 0.25) is 0 Å². The molecule has 0 unspecified atom stereocenters. The fraction of sp³-hybridized carbons (Fsp3) is 0.0980. The number of hydrogen-bond donors (Lipinski definition) is 0. The number of pyridine rings is 4. The molecule has 0 saturated carbocycles. The van der Waals surface area contributed by atoms with E-state index in [0.29, 0.717) is 0 Å². The third-order valence-electron chi connectivity index (χ3n) is 18.4. The van der Waals surface area contributed by atoms with Crippen LogP contribution in [0.1, 0.15) is 33.4 Å². The summed E-state index contributed by atoms with van der Waals surface area (Å²) in [5, 5.41) is 79.8. The van der Waals surface area contributed by atoms with Crippen LogP contribution in [-0.4, -0.2) is 107 Å². The molecule has 22 heteroatoms. The molecule has 0 aliphatic heterocycles. The Morgan fingerprint density at radius 2 is 0.355 bits per heavy atom. The van der Waals surface area contributed by atoms with Crippen molar-refractivity contribution < 1.29 is 150 Å². The molecule has 4 heterocycles. The largest absolute Gasteiger partial charge is 3.00 e. The molecule has 0 N–H and O–H groups in total. The Morgan fingerprint density at radius 3 is 0.500 bits per heavy atom. The van der Waals surface area contributed by atoms with Crippen LogP contribution in [0.3, 0.4) is 0 Å². The molecule has 0 saturated heterocycles. The van der Waals surface area contributed by atoms with E-state index in [4.69, 9.17) is 0 Å². The van der Waals surface area contributed by atoms with Crippen molar-refractivity contribution in [2.45, 2.75) is 38.5 Å². The quantitative estimate of drug-likeness (QED) is 0.0721. The van der Waals surface area contributed by atoms with Gasteiger partial charge in [0.25, 0.3) is 0 Å². The average molecular weight is 1920 g/mol. The van der Waals surface area contributed by atoms with Crippen molar-refractivity contribution in [3.63, 3.8) is 0 Å². The SMILES string of the molecule is CN(C)C=O.CN(C)C=O.O=C([O-])Cc1cccc2ccccc12.O=C([O-])Cc1cccc2ccccc12.O=C([O-])Cc1cccc2ccccc12.O=C([O-])Cc1cccc2ccccc12.O=C([O-])Cc1cccc2ccccc12.O=C([O-])Cc1cccc2ccccc12.[Sm+3].[Sm+3].c1cnc2c(c1)ccc1cccnc12.c1cnc2c(c1)ccc1cccnc12. The minimum Gasteiger partial charge on any atom is -0.550 e. The number of hydrogen-bond acceptors (Lipinski definition) is 18. The van der Waals surface area contributed by atoms with E-state index >= 15 is 0 Å². The van der Waals surface area contributed by atoms with Crippen LogP contribution in [0, 0.1) is 80.8 Å². The molecule has 0 atom stereocenters. The van der Waals surface area contributed by atoms with Gasteiger partial charge in [0.05, 0.1) is 22.1 Å². The van der Waals surface area contributed by atoms with Crippen LogP contribution in [-0.2, 0) is 76.9 Å². The molecule has 2 amide bonds. The van der Waals surface area contributed by atoms with Crippen molar-refractivity contribution in [2.75, 3.05) is 28.2 Å². The second kappa shape index (κ2) is 51.5. The van der Waals surface area contributed by atoms with Gasteiger partial charge in [-0.1, -0.05) is 303 Å². The van der Waals surface area contributed by atoms with Crippen molar-refractivity contribution in [3.8, 4) is 0 Å². The number of carboxylic acid groups (broad SMARTS) is 6. The van der Waals surface area contributed by atoms with Gasteiger partial charge >= 0.3 is 80.8 Å². The first kappa shape index (κ1) is 97.8. The smallest absolute Gasteiger partial charge is 0.550 e. The van der Waals surface area contributed by atoms with Gasteiger partial charge in [0.1, 0.15) is 0 Å². The number of carbonyl (C=O) groups is 8. The molecule has 618 valence electrons. The molecule has 14 aromatic carbocycles. The number of fused-ring (bicyclic) bond motifs is 12. The minimum atomic E-state index is -1.04. The van der Waals surface area contributed by atoms with E-state index in [2.05, 4.69) is 68.5 Å². The summed E-state index contributed by atoms with van der Waals surface area (Å²) in [6.45, 7) is 0. The first-order valence-electron chi connectivity index (χ1n) is 38.5. The van der Waals surface area contributed by atoms with Crippen molar-refractivity contribution in [1.82, 2.24) is 29.7 Å². The van der Waals surface area contributed by atoms with E-state index in [1.165, 1.54) is 9.80 Å². The van der Waals surface area contributed by atoms with Crippen LogP contribution < -0.4 is 30.6 Å². The molecule has 0 spiro atoms. The van der Waals surface area contributed by atoms with Gasteiger partial charge < -0.3 is 69.2 Å². The van der Waals surface area contributed by atoms with E-state index in [1.54, 1.807) is 53.0 Å². The Bertz CT molecular complexity index is 5660. The van der Waals surface area contributed by atoms with Gasteiger partial charge in [-0.3, -0.25) is 29.5 Å². The monoisotopic (exact) mass is 1920 g/mol. The topological polar surface area (TPSA) is 333 Å². The molecule has 18 aromatic rings. The van der Waals surface area contributed by atoms with Gasteiger partial charge in [-0.05, 0) is 122 Å². The van der Waals surface area contributed by atoms with Crippen molar-refractivity contribution in [3.05, 3.63) is 386 Å². The van der Waals surface area contributed by atoms with Gasteiger partial charge in [0.15, 0.2) is 0 Å². The van der Waals surface area contributed by atoms with Gasteiger partial charge in [-0.15, -0.1) is 0 Å². The summed E-state index contributed by atoms with van der Waals surface area (Å²) in [5.74, 6) is -6.24. The molecule has 0 aliphatic rings. The summed E-state index contributed by atoms with van der Waals surface area (Å²) in [4.78, 5) is 102. The van der Waals surface area contributed by atoms with E-state index < -0.39 is 35.8 Å². The second-order valence-corrected chi connectivity index (χ2v) is 27.7.